The summed E-state index contributed by atoms with van der Waals surface area (Å²) in [5, 5.41) is 8.69. The number of halogens is 1. The number of rotatable bonds is 8. The fourth-order valence-electron chi connectivity index (χ4n) is 1.74. The van der Waals surface area contributed by atoms with E-state index in [0.29, 0.717) is 19.5 Å². The van der Waals surface area contributed by atoms with Crippen molar-refractivity contribution in [3.05, 3.63) is 29.8 Å². The van der Waals surface area contributed by atoms with Crippen molar-refractivity contribution >= 4 is 29.9 Å². The summed E-state index contributed by atoms with van der Waals surface area (Å²) in [4.78, 5) is 23.4. The number of hydrogen-bond donors (Lipinski definition) is 3. The predicted molar refractivity (Wildman–Crippen MR) is 92.2 cm³/mol. The van der Waals surface area contributed by atoms with Crippen LogP contribution in [0.25, 0.3) is 0 Å². The number of amides is 2. The summed E-state index contributed by atoms with van der Waals surface area (Å²) in [6.45, 7) is 5.02. The first kappa shape index (κ1) is 20.4. The Hall–Kier alpha value is -1.59. The van der Waals surface area contributed by atoms with Gasteiger partial charge in [-0.2, -0.15) is 0 Å². The Kier molecular flexibility index (Phi) is 10.2. The molecule has 124 valence electrons. The molecule has 2 amide bonds. The van der Waals surface area contributed by atoms with Gasteiger partial charge in [-0.15, -0.1) is 12.4 Å². The fourth-order valence-corrected chi connectivity index (χ4v) is 1.74. The van der Waals surface area contributed by atoms with Gasteiger partial charge in [-0.25, -0.2) is 0 Å². The molecule has 22 heavy (non-hydrogen) atoms. The maximum absolute atomic E-state index is 11.9. The normalized spacial score (nSPS) is 11.2. The quantitative estimate of drug-likeness (QED) is 0.686. The first-order valence-electron chi connectivity index (χ1n) is 7.38. The molecule has 1 aromatic rings. The Bertz CT molecular complexity index is 480. The highest BCUT2D eigenvalue weighted by Gasteiger charge is 2.10. The van der Waals surface area contributed by atoms with Crippen molar-refractivity contribution in [3.8, 4) is 0 Å². The number of benzene rings is 1. The number of carbonyl (C=O) groups excluding carboxylic acids is 2. The van der Waals surface area contributed by atoms with Gasteiger partial charge in [0.25, 0.3) is 0 Å². The Morgan fingerprint density at radius 1 is 1.27 bits per heavy atom. The van der Waals surface area contributed by atoms with E-state index in [1.807, 2.05) is 45.2 Å². The molecule has 0 aliphatic heterocycles. The van der Waals surface area contributed by atoms with Gasteiger partial charge in [0.2, 0.25) is 11.8 Å². The van der Waals surface area contributed by atoms with Crippen LogP contribution in [0.3, 0.4) is 0 Å². The third kappa shape index (κ3) is 7.43. The minimum Gasteiger partial charge on any atom is -0.352 e. The minimum absolute atomic E-state index is 0. The van der Waals surface area contributed by atoms with E-state index in [0.717, 1.165) is 17.7 Å². The van der Waals surface area contributed by atoms with Gasteiger partial charge >= 0.3 is 0 Å². The van der Waals surface area contributed by atoms with Crippen molar-refractivity contribution in [2.24, 2.45) is 5.92 Å². The van der Waals surface area contributed by atoms with Gasteiger partial charge in [0, 0.05) is 31.1 Å². The van der Waals surface area contributed by atoms with Crippen molar-refractivity contribution in [3.63, 3.8) is 0 Å². The molecule has 0 aromatic heterocycles. The van der Waals surface area contributed by atoms with E-state index in [2.05, 4.69) is 16.0 Å². The summed E-state index contributed by atoms with van der Waals surface area (Å²) in [7, 11) is 1.82. The third-order valence-electron chi connectivity index (χ3n) is 3.35. The molecule has 5 nitrogen and oxygen atoms in total. The van der Waals surface area contributed by atoms with Crippen LogP contribution in [0, 0.1) is 5.92 Å². The monoisotopic (exact) mass is 327 g/mol. The average Bonchev–Trinajstić information content (AvgIpc) is 2.50. The lowest BCUT2D eigenvalue weighted by atomic mass is 10.1. The van der Waals surface area contributed by atoms with Gasteiger partial charge in [0.15, 0.2) is 0 Å². The van der Waals surface area contributed by atoms with Gasteiger partial charge in [-0.3, -0.25) is 9.59 Å². The van der Waals surface area contributed by atoms with Crippen molar-refractivity contribution in [2.45, 2.75) is 33.2 Å². The molecule has 0 radical (unpaired) electrons. The van der Waals surface area contributed by atoms with Crippen LogP contribution in [0.2, 0.25) is 0 Å². The molecule has 6 heteroatoms. The standard InChI is InChI=1S/C16H25N3O2.ClH/c1-4-12(2)16(21)19-14-7-5-6-13(10-14)11-18-15(20)8-9-17-3;/h5-7,10,12,17H,4,8-9,11H2,1-3H3,(H,18,20)(H,19,21);1H. The summed E-state index contributed by atoms with van der Waals surface area (Å²) in [5.41, 5.74) is 1.73. The topological polar surface area (TPSA) is 70.2 Å². The molecule has 0 saturated carbocycles. The highest BCUT2D eigenvalue weighted by Crippen LogP contribution is 2.13. The molecule has 0 spiro atoms. The summed E-state index contributed by atoms with van der Waals surface area (Å²) < 4.78 is 0. The molecule has 0 saturated heterocycles. The van der Waals surface area contributed by atoms with Crippen molar-refractivity contribution < 1.29 is 9.59 Å². The zero-order valence-electron chi connectivity index (χ0n) is 13.4. The second-order valence-corrected chi connectivity index (χ2v) is 5.13. The van der Waals surface area contributed by atoms with E-state index in [1.165, 1.54) is 0 Å². The molecule has 1 rings (SSSR count). The number of carbonyl (C=O) groups is 2. The Balaban J connectivity index is 0.00000441. The molecule has 1 atom stereocenters. The van der Waals surface area contributed by atoms with Crippen LogP contribution in [0.5, 0.6) is 0 Å². The maximum atomic E-state index is 11.9. The SMILES string of the molecule is CCC(C)C(=O)Nc1cccc(CNC(=O)CCNC)c1.Cl. The van der Waals surface area contributed by atoms with Crippen LogP contribution in [0.1, 0.15) is 32.3 Å². The van der Waals surface area contributed by atoms with E-state index in [4.69, 9.17) is 0 Å². The fraction of sp³-hybridized carbons (Fsp3) is 0.500. The molecular formula is C16H26ClN3O2. The molecule has 0 aliphatic carbocycles. The number of anilines is 1. The first-order chi connectivity index (χ1) is 10.1. The van der Waals surface area contributed by atoms with Gasteiger partial charge in [-0.05, 0) is 31.2 Å². The largest absolute Gasteiger partial charge is 0.352 e. The van der Waals surface area contributed by atoms with E-state index >= 15 is 0 Å². The van der Waals surface area contributed by atoms with Crippen LogP contribution in [-0.4, -0.2) is 25.4 Å². The van der Waals surface area contributed by atoms with E-state index in [1.54, 1.807) is 0 Å². The average molecular weight is 328 g/mol. The molecule has 0 fully saturated rings. The third-order valence-corrected chi connectivity index (χ3v) is 3.35. The van der Waals surface area contributed by atoms with Gasteiger partial charge in [-0.1, -0.05) is 26.0 Å². The molecule has 1 aromatic carbocycles. The summed E-state index contributed by atoms with van der Waals surface area (Å²) >= 11 is 0. The number of nitrogens with one attached hydrogen (secondary N) is 3. The van der Waals surface area contributed by atoms with Crippen molar-refractivity contribution in [1.29, 1.82) is 0 Å². The molecule has 3 N–H and O–H groups in total. The second kappa shape index (κ2) is 11.0. The summed E-state index contributed by atoms with van der Waals surface area (Å²) in [6.07, 6.45) is 1.27. The van der Waals surface area contributed by atoms with Crippen LogP contribution < -0.4 is 16.0 Å². The lowest BCUT2D eigenvalue weighted by Gasteiger charge is -2.11. The van der Waals surface area contributed by atoms with Crippen LogP contribution in [0.4, 0.5) is 5.69 Å². The van der Waals surface area contributed by atoms with Crippen LogP contribution in [0.15, 0.2) is 24.3 Å². The lowest BCUT2D eigenvalue weighted by Crippen LogP contribution is -2.26. The van der Waals surface area contributed by atoms with Gasteiger partial charge in [0.05, 0.1) is 0 Å². The first-order valence-corrected chi connectivity index (χ1v) is 7.38. The molecular weight excluding hydrogens is 302 g/mol. The molecule has 0 aliphatic rings. The zero-order chi connectivity index (χ0) is 15.7. The van der Waals surface area contributed by atoms with Crippen LogP contribution in [-0.2, 0) is 16.1 Å². The van der Waals surface area contributed by atoms with E-state index in [-0.39, 0.29) is 30.1 Å². The van der Waals surface area contributed by atoms with E-state index in [9.17, 15) is 9.59 Å². The maximum Gasteiger partial charge on any atom is 0.227 e. The smallest absolute Gasteiger partial charge is 0.227 e. The van der Waals surface area contributed by atoms with Gasteiger partial charge < -0.3 is 16.0 Å². The highest BCUT2D eigenvalue weighted by molar-refractivity contribution is 5.92. The zero-order valence-corrected chi connectivity index (χ0v) is 14.3. The summed E-state index contributed by atoms with van der Waals surface area (Å²) in [5.74, 6) is 0.0287. The molecule has 0 heterocycles. The second-order valence-electron chi connectivity index (χ2n) is 5.13. The van der Waals surface area contributed by atoms with Crippen molar-refractivity contribution in [2.75, 3.05) is 18.9 Å². The summed E-state index contributed by atoms with van der Waals surface area (Å²) in [6, 6.07) is 7.55. The lowest BCUT2D eigenvalue weighted by molar-refractivity contribution is -0.121. The molecule has 1 unspecified atom stereocenters. The van der Waals surface area contributed by atoms with Crippen LogP contribution >= 0.6 is 12.4 Å². The van der Waals surface area contributed by atoms with Gasteiger partial charge in [0.1, 0.15) is 0 Å². The van der Waals surface area contributed by atoms with E-state index < -0.39 is 0 Å². The predicted octanol–water partition coefficient (Wildman–Crippen LogP) is 2.32. The number of hydrogen-bond acceptors (Lipinski definition) is 3. The minimum atomic E-state index is -0.00472. The Morgan fingerprint density at radius 3 is 2.64 bits per heavy atom. The van der Waals surface area contributed by atoms with Crippen molar-refractivity contribution in [1.82, 2.24) is 10.6 Å². The highest BCUT2D eigenvalue weighted by atomic mass is 35.5. The molecule has 0 bridgehead atoms. The Labute approximate surface area is 138 Å². The Morgan fingerprint density at radius 2 is 2.00 bits per heavy atom.